The summed E-state index contributed by atoms with van der Waals surface area (Å²) in [5.74, 6) is -0.145. The van der Waals surface area contributed by atoms with Crippen LogP contribution >= 0.6 is 15.9 Å². The molecule has 2 rings (SSSR count). The van der Waals surface area contributed by atoms with Gasteiger partial charge in [-0.1, -0.05) is 42.0 Å². The molecule has 0 aliphatic carbocycles. The molecule has 0 bridgehead atoms. The molecular formula is C17H18BrNO2. The van der Waals surface area contributed by atoms with Crippen molar-refractivity contribution in [3.05, 3.63) is 69.7 Å². The molecule has 21 heavy (non-hydrogen) atoms. The fourth-order valence-corrected chi connectivity index (χ4v) is 2.61. The van der Waals surface area contributed by atoms with Crippen molar-refractivity contribution in [2.24, 2.45) is 0 Å². The smallest absolute Gasteiger partial charge is 0.252 e. The summed E-state index contributed by atoms with van der Waals surface area (Å²) in [4.78, 5) is 12.5. The summed E-state index contributed by atoms with van der Waals surface area (Å²) < 4.78 is 0.765. The number of rotatable bonds is 5. The largest absolute Gasteiger partial charge is 0.396 e. The van der Waals surface area contributed by atoms with Crippen molar-refractivity contribution in [1.29, 1.82) is 0 Å². The molecule has 1 amide bonds. The minimum atomic E-state index is -0.198. The Hall–Kier alpha value is -1.65. The molecule has 0 saturated heterocycles. The molecule has 3 nitrogen and oxygen atoms in total. The number of aliphatic hydroxyl groups excluding tert-OH is 1. The monoisotopic (exact) mass is 347 g/mol. The van der Waals surface area contributed by atoms with Crippen LogP contribution in [0.5, 0.6) is 0 Å². The van der Waals surface area contributed by atoms with Gasteiger partial charge in [-0.25, -0.2) is 0 Å². The highest BCUT2D eigenvalue weighted by molar-refractivity contribution is 9.10. The van der Waals surface area contributed by atoms with Crippen LogP contribution in [0.2, 0.25) is 0 Å². The lowest BCUT2D eigenvalue weighted by atomic mass is 10.0. The van der Waals surface area contributed by atoms with Gasteiger partial charge in [-0.05, 0) is 47.0 Å². The number of amides is 1. The molecule has 0 aromatic heterocycles. The van der Waals surface area contributed by atoms with E-state index in [9.17, 15) is 9.90 Å². The second kappa shape index (κ2) is 7.38. The third kappa shape index (κ3) is 4.16. The van der Waals surface area contributed by atoms with Crippen LogP contribution in [0, 0.1) is 6.92 Å². The molecule has 0 heterocycles. The third-order valence-corrected chi connectivity index (χ3v) is 3.98. The average molecular weight is 348 g/mol. The molecule has 2 aromatic carbocycles. The standard InChI is InChI=1S/C17H18BrNO2/c1-12-7-8-15(18)14(11-12)17(21)19-16(9-10-20)13-5-3-2-4-6-13/h2-8,11,16,20H,9-10H2,1H3,(H,19,21). The van der Waals surface area contributed by atoms with Crippen LogP contribution in [-0.4, -0.2) is 17.6 Å². The quantitative estimate of drug-likeness (QED) is 0.867. The first-order valence-corrected chi connectivity index (χ1v) is 7.64. The van der Waals surface area contributed by atoms with Crippen LogP contribution in [0.4, 0.5) is 0 Å². The fourth-order valence-electron chi connectivity index (χ4n) is 2.19. The fraction of sp³-hybridized carbons (Fsp3) is 0.235. The molecule has 0 aliphatic heterocycles. The summed E-state index contributed by atoms with van der Waals surface area (Å²) in [6.45, 7) is 1.97. The van der Waals surface area contributed by atoms with Crippen LogP contribution < -0.4 is 5.32 Å². The molecule has 1 atom stereocenters. The molecular weight excluding hydrogens is 330 g/mol. The molecule has 0 aliphatic rings. The van der Waals surface area contributed by atoms with Gasteiger partial charge >= 0.3 is 0 Å². The first-order chi connectivity index (χ1) is 10.1. The second-order valence-corrected chi connectivity index (χ2v) is 5.79. The predicted octanol–water partition coefficient (Wildman–Crippen LogP) is 3.61. The van der Waals surface area contributed by atoms with Crippen molar-refractivity contribution >= 4 is 21.8 Å². The van der Waals surface area contributed by atoms with Gasteiger partial charge in [0, 0.05) is 11.1 Å². The number of benzene rings is 2. The van der Waals surface area contributed by atoms with Crippen molar-refractivity contribution in [3.63, 3.8) is 0 Å². The molecule has 0 radical (unpaired) electrons. The lowest BCUT2D eigenvalue weighted by Gasteiger charge is -2.19. The lowest BCUT2D eigenvalue weighted by Crippen LogP contribution is -2.29. The van der Waals surface area contributed by atoms with E-state index in [-0.39, 0.29) is 18.6 Å². The molecule has 1 unspecified atom stereocenters. The Morgan fingerprint density at radius 2 is 1.95 bits per heavy atom. The van der Waals surface area contributed by atoms with Crippen LogP contribution in [0.1, 0.15) is 33.9 Å². The zero-order chi connectivity index (χ0) is 15.2. The summed E-state index contributed by atoms with van der Waals surface area (Å²) in [6, 6.07) is 15.1. The van der Waals surface area contributed by atoms with Gasteiger partial charge in [-0.2, -0.15) is 0 Å². The number of nitrogens with one attached hydrogen (secondary N) is 1. The summed E-state index contributed by atoms with van der Waals surface area (Å²) >= 11 is 3.41. The summed E-state index contributed by atoms with van der Waals surface area (Å²) in [5, 5.41) is 12.2. The van der Waals surface area contributed by atoms with Crippen molar-refractivity contribution in [2.75, 3.05) is 6.61 Å². The van der Waals surface area contributed by atoms with Crippen LogP contribution in [0.15, 0.2) is 53.0 Å². The first kappa shape index (κ1) is 15.7. The van der Waals surface area contributed by atoms with Gasteiger partial charge in [0.1, 0.15) is 0 Å². The highest BCUT2D eigenvalue weighted by Crippen LogP contribution is 2.21. The molecule has 0 fully saturated rings. The Morgan fingerprint density at radius 1 is 1.24 bits per heavy atom. The van der Waals surface area contributed by atoms with Crippen LogP contribution in [0.25, 0.3) is 0 Å². The number of aryl methyl sites for hydroxylation is 1. The molecule has 110 valence electrons. The number of hydrogen-bond acceptors (Lipinski definition) is 2. The minimum absolute atomic E-state index is 0.0226. The molecule has 0 spiro atoms. The normalized spacial score (nSPS) is 12.0. The van der Waals surface area contributed by atoms with E-state index in [1.807, 2.05) is 55.5 Å². The maximum Gasteiger partial charge on any atom is 0.252 e. The topological polar surface area (TPSA) is 49.3 Å². The van der Waals surface area contributed by atoms with Crippen molar-refractivity contribution in [1.82, 2.24) is 5.32 Å². The SMILES string of the molecule is Cc1ccc(Br)c(C(=O)NC(CCO)c2ccccc2)c1. The maximum atomic E-state index is 12.5. The van der Waals surface area contributed by atoms with Crippen molar-refractivity contribution in [2.45, 2.75) is 19.4 Å². The summed E-state index contributed by atoms with van der Waals surface area (Å²) in [7, 11) is 0. The van der Waals surface area contributed by atoms with E-state index in [1.165, 1.54) is 0 Å². The van der Waals surface area contributed by atoms with Gasteiger partial charge < -0.3 is 10.4 Å². The van der Waals surface area contributed by atoms with E-state index in [0.29, 0.717) is 12.0 Å². The zero-order valence-electron chi connectivity index (χ0n) is 11.8. The van der Waals surface area contributed by atoms with Crippen molar-refractivity contribution < 1.29 is 9.90 Å². The van der Waals surface area contributed by atoms with E-state index >= 15 is 0 Å². The Balaban J connectivity index is 2.20. The third-order valence-electron chi connectivity index (χ3n) is 3.29. The van der Waals surface area contributed by atoms with Gasteiger partial charge in [0.15, 0.2) is 0 Å². The first-order valence-electron chi connectivity index (χ1n) is 6.84. The number of aliphatic hydroxyl groups is 1. The van der Waals surface area contributed by atoms with E-state index in [4.69, 9.17) is 0 Å². The maximum absolute atomic E-state index is 12.5. The Labute approximate surface area is 133 Å². The molecule has 2 N–H and O–H groups in total. The molecule has 0 saturated carbocycles. The number of hydrogen-bond donors (Lipinski definition) is 2. The summed E-state index contributed by atoms with van der Waals surface area (Å²) in [6.07, 6.45) is 0.485. The molecule has 2 aromatic rings. The number of halogens is 1. The van der Waals surface area contributed by atoms with E-state index in [1.54, 1.807) is 0 Å². The van der Waals surface area contributed by atoms with Gasteiger partial charge in [0.25, 0.3) is 5.91 Å². The Morgan fingerprint density at radius 3 is 2.62 bits per heavy atom. The van der Waals surface area contributed by atoms with Gasteiger partial charge in [0.05, 0.1) is 11.6 Å². The predicted molar refractivity (Wildman–Crippen MR) is 87.2 cm³/mol. The lowest BCUT2D eigenvalue weighted by molar-refractivity contribution is 0.0929. The van der Waals surface area contributed by atoms with E-state index < -0.39 is 0 Å². The number of carbonyl (C=O) groups excluding carboxylic acids is 1. The average Bonchev–Trinajstić information content (AvgIpc) is 2.50. The van der Waals surface area contributed by atoms with Gasteiger partial charge in [-0.15, -0.1) is 0 Å². The van der Waals surface area contributed by atoms with Gasteiger partial charge in [0.2, 0.25) is 0 Å². The van der Waals surface area contributed by atoms with E-state index in [0.717, 1.165) is 15.6 Å². The van der Waals surface area contributed by atoms with Crippen molar-refractivity contribution in [3.8, 4) is 0 Å². The van der Waals surface area contributed by atoms with Crippen LogP contribution in [0.3, 0.4) is 0 Å². The zero-order valence-corrected chi connectivity index (χ0v) is 13.4. The van der Waals surface area contributed by atoms with Crippen LogP contribution in [-0.2, 0) is 0 Å². The van der Waals surface area contributed by atoms with E-state index in [2.05, 4.69) is 21.2 Å². The Kier molecular flexibility index (Phi) is 5.53. The minimum Gasteiger partial charge on any atom is -0.396 e. The Bertz CT molecular complexity index is 613. The highest BCUT2D eigenvalue weighted by Gasteiger charge is 2.17. The second-order valence-electron chi connectivity index (χ2n) is 4.93. The summed E-state index contributed by atoms with van der Waals surface area (Å²) in [5.41, 5.74) is 2.62. The van der Waals surface area contributed by atoms with Gasteiger partial charge in [-0.3, -0.25) is 4.79 Å². The highest BCUT2D eigenvalue weighted by atomic mass is 79.9. The number of carbonyl (C=O) groups is 1. The molecule has 4 heteroatoms.